The molecule has 0 saturated carbocycles. The highest BCUT2D eigenvalue weighted by molar-refractivity contribution is 6.32. The first kappa shape index (κ1) is 15.2. The molecule has 1 aliphatic rings. The fraction of sp³-hybridized carbons (Fsp3) is 0.571. The number of rotatable bonds is 3. The molecule has 110 valence electrons. The zero-order chi connectivity index (χ0) is 14.7. The molecule has 1 aromatic rings. The van der Waals surface area contributed by atoms with Gasteiger partial charge in [-0.05, 0) is 12.0 Å². The maximum atomic E-state index is 13.2. The predicted molar refractivity (Wildman–Crippen MR) is 76.4 cm³/mol. The molecule has 1 saturated heterocycles. The third-order valence-corrected chi connectivity index (χ3v) is 3.62. The lowest BCUT2D eigenvalue weighted by Crippen LogP contribution is -2.49. The standard InChI is InChI=1S/C14H19ClFN3O/c1-10(2)9-18-3-5-19(6-4-18)14(20)12-7-11(16)8-17-13(12)15/h7-8,10H,3-6,9H2,1-2H3. The average Bonchev–Trinajstić information content (AvgIpc) is 2.41. The summed E-state index contributed by atoms with van der Waals surface area (Å²) in [6.45, 7) is 8.33. The number of amides is 1. The topological polar surface area (TPSA) is 36.4 Å². The van der Waals surface area contributed by atoms with Gasteiger partial charge in [-0.25, -0.2) is 9.37 Å². The number of carbonyl (C=O) groups excluding carboxylic acids is 1. The van der Waals surface area contributed by atoms with Crippen LogP contribution < -0.4 is 0 Å². The molecule has 1 aliphatic heterocycles. The summed E-state index contributed by atoms with van der Waals surface area (Å²) in [5.41, 5.74) is 0.143. The molecular weight excluding hydrogens is 281 g/mol. The molecular formula is C14H19ClFN3O. The monoisotopic (exact) mass is 299 g/mol. The first-order chi connectivity index (χ1) is 9.47. The van der Waals surface area contributed by atoms with Gasteiger partial charge in [-0.15, -0.1) is 0 Å². The summed E-state index contributed by atoms with van der Waals surface area (Å²) in [5.74, 6) is -0.179. The Balaban J connectivity index is 2.00. The van der Waals surface area contributed by atoms with Crippen LogP contribution in [0, 0.1) is 11.7 Å². The molecule has 0 bridgehead atoms. The van der Waals surface area contributed by atoms with Crippen LogP contribution in [0.15, 0.2) is 12.3 Å². The van der Waals surface area contributed by atoms with Gasteiger partial charge in [0, 0.05) is 32.7 Å². The van der Waals surface area contributed by atoms with Crippen molar-refractivity contribution in [1.82, 2.24) is 14.8 Å². The summed E-state index contributed by atoms with van der Waals surface area (Å²) in [6, 6.07) is 1.15. The molecule has 1 fully saturated rings. The summed E-state index contributed by atoms with van der Waals surface area (Å²) < 4.78 is 13.2. The molecule has 0 aliphatic carbocycles. The summed E-state index contributed by atoms with van der Waals surface area (Å²) in [6.07, 6.45) is 1.01. The summed E-state index contributed by atoms with van der Waals surface area (Å²) in [4.78, 5) is 20.0. The zero-order valence-electron chi connectivity index (χ0n) is 11.8. The van der Waals surface area contributed by atoms with E-state index in [1.54, 1.807) is 4.90 Å². The van der Waals surface area contributed by atoms with Gasteiger partial charge in [-0.3, -0.25) is 9.69 Å². The smallest absolute Gasteiger partial charge is 0.257 e. The van der Waals surface area contributed by atoms with E-state index in [0.29, 0.717) is 19.0 Å². The Morgan fingerprint density at radius 2 is 2.05 bits per heavy atom. The first-order valence-electron chi connectivity index (χ1n) is 6.80. The van der Waals surface area contributed by atoms with E-state index in [-0.39, 0.29) is 16.6 Å². The number of hydrogen-bond donors (Lipinski definition) is 0. The first-order valence-corrected chi connectivity index (χ1v) is 7.18. The molecule has 0 atom stereocenters. The molecule has 4 nitrogen and oxygen atoms in total. The van der Waals surface area contributed by atoms with Crippen molar-refractivity contribution in [3.05, 3.63) is 28.8 Å². The van der Waals surface area contributed by atoms with Crippen LogP contribution in [0.25, 0.3) is 0 Å². The summed E-state index contributed by atoms with van der Waals surface area (Å²) in [5, 5.41) is 0.0565. The van der Waals surface area contributed by atoms with Crippen LogP contribution in [0.1, 0.15) is 24.2 Å². The lowest BCUT2D eigenvalue weighted by molar-refractivity contribution is 0.0623. The molecule has 20 heavy (non-hydrogen) atoms. The average molecular weight is 300 g/mol. The van der Waals surface area contributed by atoms with Crippen LogP contribution in [0.4, 0.5) is 4.39 Å². The molecule has 6 heteroatoms. The number of hydrogen-bond acceptors (Lipinski definition) is 3. The lowest BCUT2D eigenvalue weighted by atomic mass is 10.1. The van der Waals surface area contributed by atoms with E-state index < -0.39 is 5.82 Å². The molecule has 0 unspecified atom stereocenters. The molecule has 0 radical (unpaired) electrons. The molecule has 0 aromatic carbocycles. The van der Waals surface area contributed by atoms with E-state index in [2.05, 4.69) is 23.7 Å². The number of nitrogens with zero attached hydrogens (tertiary/aromatic N) is 3. The Hall–Kier alpha value is -1.20. The van der Waals surface area contributed by atoms with E-state index in [4.69, 9.17) is 11.6 Å². The minimum Gasteiger partial charge on any atom is -0.336 e. The highest BCUT2D eigenvalue weighted by Gasteiger charge is 2.24. The number of piperazine rings is 1. The maximum absolute atomic E-state index is 13.2. The molecule has 2 rings (SSSR count). The molecule has 1 amide bonds. The second-order valence-corrected chi connectivity index (χ2v) is 5.84. The molecule has 0 spiro atoms. The van der Waals surface area contributed by atoms with Gasteiger partial charge in [0.05, 0.1) is 11.8 Å². The van der Waals surface area contributed by atoms with Gasteiger partial charge in [0.2, 0.25) is 0 Å². The van der Waals surface area contributed by atoms with Gasteiger partial charge < -0.3 is 4.90 Å². The van der Waals surface area contributed by atoms with Gasteiger partial charge in [0.1, 0.15) is 11.0 Å². The van der Waals surface area contributed by atoms with E-state index >= 15 is 0 Å². The Kier molecular flexibility index (Phi) is 4.94. The van der Waals surface area contributed by atoms with Crippen LogP contribution in [0.3, 0.4) is 0 Å². The quantitative estimate of drug-likeness (QED) is 0.804. The lowest BCUT2D eigenvalue weighted by Gasteiger charge is -2.35. The number of halogens is 2. The van der Waals surface area contributed by atoms with Crippen LogP contribution in [-0.4, -0.2) is 53.4 Å². The van der Waals surface area contributed by atoms with Crippen molar-refractivity contribution in [2.45, 2.75) is 13.8 Å². The second kappa shape index (κ2) is 6.50. The highest BCUT2D eigenvalue weighted by atomic mass is 35.5. The number of aromatic nitrogens is 1. The van der Waals surface area contributed by atoms with Crippen LogP contribution in [0.5, 0.6) is 0 Å². The van der Waals surface area contributed by atoms with Gasteiger partial charge in [-0.2, -0.15) is 0 Å². The fourth-order valence-corrected chi connectivity index (χ4v) is 2.58. The van der Waals surface area contributed by atoms with Crippen molar-refractivity contribution in [2.75, 3.05) is 32.7 Å². The normalized spacial score (nSPS) is 16.8. The number of carbonyl (C=O) groups is 1. The summed E-state index contributed by atoms with van der Waals surface area (Å²) >= 11 is 5.87. The molecule has 1 aromatic heterocycles. The molecule has 2 heterocycles. The van der Waals surface area contributed by atoms with Gasteiger partial charge in [0.15, 0.2) is 0 Å². The third-order valence-electron chi connectivity index (χ3n) is 3.32. The van der Waals surface area contributed by atoms with Gasteiger partial charge >= 0.3 is 0 Å². The minimum atomic E-state index is -0.545. The minimum absolute atomic E-state index is 0.0565. The van der Waals surface area contributed by atoms with Crippen LogP contribution in [-0.2, 0) is 0 Å². The number of pyridine rings is 1. The Bertz CT molecular complexity index is 487. The predicted octanol–water partition coefficient (Wildman–Crippen LogP) is 2.29. The van der Waals surface area contributed by atoms with Crippen molar-refractivity contribution in [2.24, 2.45) is 5.92 Å². The second-order valence-electron chi connectivity index (χ2n) is 5.48. The third kappa shape index (κ3) is 3.67. The fourth-order valence-electron chi connectivity index (χ4n) is 2.39. The van der Waals surface area contributed by atoms with E-state index in [1.807, 2.05) is 0 Å². The van der Waals surface area contributed by atoms with Crippen molar-refractivity contribution in [3.63, 3.8) is 0 Å². The van der Waals surface area contributed by atoms with Crippen LogP contribution in [0.2, 0.25) is 5.15 Å². The summed E-state index contributed by atoms with van der Waals surface area (Å²) in [7, 11) is 0. The van der Waals surface area contributed by atoms with Crippen molar-refractivity contribution < 1.29 is 9.18 Å². The van der Waals surface area contributed by atoms with Crippen molar-refractivity contribution in [3.8, 4) is 0 Å². The van der Waals surface area contributed by atoms with Crippen LogP contribution >= 0.6 is 11.6 Å². The Morgan fingerprint density at radius 3 is 2.65 bits per heavy atom. The maximum Gasteiger partial charge on any atom is 0.257 e. The largest absolute Gasteiger partial charge is 0.336 e. The molecule has 0 N–H and O–H groups in total. The Labute approximate surface area is 123 Å². The van der Waals surface area contributed by atoms with Crippen molar-refractivity contribution in [1.29, 1.82) is 0 Å². The van der Waals surface area contributed by atoms with Crippen molar-refractivity contribution >= 4 is 17.5 Å². The Morgan fingerprint density at radius 1 is 1.40 bits per heavy atom. The van der Waals surface area contributed by atoms with E-state index in [1.165, 1.54) is 0 Å². The highest BCUT2D eigenvalue weighted by Crippen LogP contribution is 2.17. The zero-order valence-corrected chi connectivity index (χ0v) is 12.5. The van der Waals surface area contributed by atoms with E-state index in [0.717, 1.165) is 31.9 Å². The SMILES string of the molecule is CC(C)CN1CCN(C(=O)c2cc(F)cnc2Cl)CC1. The van der Waals surface area contributed by atoms with E-state index in [9.17, 15) is 9.18 Å². The van der Waals surface area contributed by atoms with Gasteiger partial charge in [0.25, 0.3) is 5.91 Å². The van der Waals surface area contributed by atoms with Gasteiger partial charge in [-0.1, -0.05) is 25.4 Å².